The molecule has 2 aromatic rings. The van der Waals surface area contributed by atoms with Gasteiger partial charge in [-0.2, -0.15) is 0 Å². The lowest BCUT2D eigenvalue weighted by Crippen LogP contribution is -1.99. The van der Waals surface area contributed by atoms with Crippen molar-refractivity contribution in [2.24, 2.45) is 0 Å². The van der Waals surface area contributed by atoms with Crippen molar-refractivity contribution in [3.8, 4) is 0 Å². The Hall–Kier alpha value is -0.390. The fraction of sp³-hybridized carbons (Fsp3) is 0.222. The van der Waals surface area contributed by atoms with Gasteiger partial charge in [0.25, 0.3) is 0 Å². The van der Waals surface area contributed by atoms with Crippen LogP contribution < -0.4 is 0 Å². The topological polar surface area (TPSA) is 37.5 Å². The van der Waals surface area contributed by atoms with Gasteiger partial charge >= 0.3 is 0 Å². The maximum atomic E-state index is 8.90. The van der Waals surface area contributed by atoms with Gasteiger partial charge in [-0.3, -0.25) is 4.40 Å². The van der Waals surface area contributed by atoms with Gasteiger partial charge in [0.15, 0.2) is 0 Å². The normalized spacial score (nSPS) is 11.1. The molecule has 0 aliphatic heterocycles. The fourth-order valence-corrected chi connectivity index (χ4v) is 2.46. The molecule has 0 aromatic carbocycles. The Morgan fingerprint density at radius 1 is 1.36 bits per heavy atom. The third kappa shape index (κ3) is 1.60. The van der Waals surface area contributed by atoms with Crippen molar-refractivity contribution < 1.29 is 5.11 Å². The van der Waals surface area contributed by atoms with E-state index in [0.717, 1.165) is 20.5 Å². The van der Waals surface area contributed by atoms with Crippen molar-refractivity contribution in [3.63, 3.8) is 0 Å². The summed E-state index contributed by atoms with van der Waals surface area (Å²) in [6.07, 6.45) is 0.551. The third-order valence-corrected chi connectivity index (χ3v) is 3.18. The van der Waals surface area contributed by atoms with Gasteiger partial charge < -0.3 is 5.11 Å². The van der Waals surface area contributed by atoms with E-state index in [9.17, 15) is 0 Å². The van der Waals surface area contributed by atoms with E-state index in [4.69, 9.17) is 5.11 Å². The first-order chi connectivity index (χ1) is 6.74. The van der Waals surface area contributed by atoms with E-state index >= 15 is 0 Å². The van der Waals surface area contributed by atoms with E-state index in [1.54, 1.807) is 0 Å². The molecule has 0 saturated heterocycles. The maximum Gasteiger partial charge on any atom is 0.132 e. The van der Waals surface area contributed by atoms with Crippen LogP contribution in [0.4, 0.5) is 0 Å². The van der Waals surface area contributed by atoms with Crippen LogP contribution in [0.25, 0.3) is 5.52 Å². The van der Waals surface area contributed by atoms with Crippen molar-refractivity contribution in [2.75, 3.05) is 6.61 Å². The number of rotatable bonds is 2. The number of halogens is 2. The molecule has 5 heteroatoms. The molecule has 2 heterocycles. The summed E-state index contributed by atoms with van der Waals surface area (Å²) in [5.74, 6) is 0.849. The number of aliphatic hydroxyl groups excluding tert-OH is 1. The molecule has 0 radical (unpaired) electrons. The first-order valence-corrected chi connectivity index (χ1v) is 5.75. The average molecular weight is 320 g/mol. The minimum Gasteiger partial charge on any atom is -0.396 e. The largest absolute Gasteiger partial charge is 0.396 e. The van der Waals surface area contributed by atoms with Crippen molar-refractivity contribution in [1.29, 1.82) is 0 Å². The van der Waals surface area contributed by atoms with Crippen LogP contribution in [0.3, 0.4) is 0 Å². The lowest BCUT2D eigenvalue weighted by Gasteiger charge is -2.01. The fourth-order valence-electron chi connectivity index (χ4n) is 1.39. The minimum atomic E-state index is 0.104. The Labute approximate surface area is 98.0 Å². The molecule has 0 amide bonds. The molecule has 0 bridgehead atoms. The van der Waals surface area contributed by atoms with Crippen molar-refractivity contribution in [1.82, 2.24) is 9.38 Å². The summed E-state index contributed by atoms with van der Waals surface area (Å²) >= 11 is 6.84. The second-order valence-electron chi connectivity index (χ2n) is 2.86. The van der Waals surface area contributed by atoms with Crippen LogP contribution in [-0.4, -0.2) is 21.1 Å². The molecule has 0 saturated carbocycles. The van der Waals surface area contributed by atoms with E-state index in [0.29, 0.717) is 6.42 Å². The molecule has 0 aliphatic carbocycles. The summed E-state index contributed by atoms with van der Waals surface area (Å²) in [4.78, 5) is 4.33. The lowest BCUT2D eigenvalue weighted by atomic mass is 10.4. The minimum absolute atomic E-state index is 0.104. The smallest absolute Gasteiger partial charge is 0.132 e. The quantitative estimate of drug-likeness (QED) is 0.863. The van der Waals surface area contributed by atoms with Crippen LogP contribution in [0.15, 0.2) is 27.4 Å². The standard InChI is InChI=1S/C9H8Br2N2O/c10-7-3-1-2-6-9(11)12-8(4-5-14)13(6)7/h1-3,14H,4-5H2. The van der Waals surface area contributed by atoms with Crippen LogP contribution in [0.1, 0.15) is 5.82 Å². The summed E-state index contributed by atoms with van der Waals surface area (Å²) < 4.78 is 3.72. The maximum absolute atomic E-state index is 8.90. The summed E-state index contributed by atoms with van der Waals surface area (Å²) in [6, 6.07) is 5.87. The molecule has 0 aliphatic rings. The van der Waals surface area contributed by atoms with Crippen LogP contribution >= 0.6 is 31.9 Å². The second-order valence-corrected chi connectivity index (χ2v) is 4.43. The SMILES string of the molecule is OCCc1nc(Br)c2cccc(Br)n12. The molecule has 14 heavy (non-hydrogen) atoms. The van der Waals surface area contributed by atoms with E-state index in [1.165, 1.54) is 0 Å². The molecule has 0 fully saturated rings. The van der Waals surface area contributed by atoms with Crippen LogP contribution in [0.5, 0.6) is 0 Å². The summed E-state index contributed by atoms with van der Waals surface area (Å²) in [7, 11) is 0. The Balaban J connectivity index is 2.72. The molecular weight excluding hydrogens is 312 g/mol. The van der Waals surface area contributed by atoms with Crippen LogP contribution in [-0.2, 0) is 6.42 Å². The van der Waals surface area contributed by atoms with Gasteiger partial charge in [-0.1, -0.05) is 6.07 Å². The predicted molar refractivity (Wildman–Crippen MR) is 61.4 cm³/mol. The van der Waals surface area contributed by atoms with Crippen LogP contribution in [0.2, 0.25) is 0 Å². The Morgan fingerprint density at radius 2 is 2.14 bits per heavy atom. The highest BCUT2D eigenvalue weighted by atomic mass is 79.9. The highest BCUT2D eigenvalue weighted by Gasteiger charge is 2.09. The van der Waals surface area contributed by atoms with Crippen LogP contribution in [0, 0.1) is 0 Å². The number of hydrogen-bond donors (Lipinski definition) is 1. The van der Waals surface area contributed by atoms with Gasteiger partial charge in [-0.15, -0.1) is 0 Å². The highest BCUT2D eigenvalue weighted by Crippen LogP contribution is 2.23. The Morgan fingerprint density at radius 3 is 2.86 bits per heavy atom. The number of aliphatic hydroxyl groups is 1. The van der Waals surface area contributed by atoms with Crippen molar-refractivity contribution >= 4 is 37.4 Å². The van der Waals surface area contributed by atoms with E-state index in [2.05, 4.69) is 36.8 Å². The third-order valence-electron chi connectivity index (χ3n) is 1.97. The number of aromatic nitrogens is 2. The van der Waals surface area contributed by atoms with E-state index < -0.39 is 0 Å². The molecule has 3 nitrogen and oxygen atoms in total. The summed E-state index contributed by atoms with van der Waals surface area (Å²) in [5.41, 5.74) is 1.00. The molecule has 1 N–H and O–H groups in total. The van der Waals surface area contributed by atoms with E-state index in [1.807, 2.05) is 22.6 Å². The molecule has 74 valence electrons. The van der Waals surface area contributed by atoms with E-state index in [-0.39, 0.29) is 6.61 Å². The van der Waals surface area contributed by atoms with Gasteiger partial charge in [0.1, 0.15) is 10.4 Å². The van der Waals surface area contributed by atoms with Gasteiger partial charge in [-0.25, -0.2) is 4.98 Å². The first kappa shape index (κ1) is 10.1. The van der Waals surface area contributed by atoms with Gasteiger partial charge in [0, 0.05) is 6.42 Å². The first-order valence-electron chi connectivity index (χ1n) is 4.16. The average Bonchev–Trinajstić information content (AvgIpc) is 2.46. The van der Waals surface area contributed by atoms with Gasteiger partial charge in [-0.05, 0) is 44.0 Å². The molecule has 0 atom stereocenters. The number of imidazole rings is 1. The summed E-state index contributed by atoms with van der Waals surface area (Å²) in [6.45, 7) is 0.104. The Kier molecular flexibility index (Phi) is 2.90. The Bertz CT molecular complexity index is 467. The number of fused-ring (bicyclic) bond motifs is 1. The molecular formula is C9H8Br2N2O. The zero-order valence-corrected chi connectivity index (χ0v) is 10.4. The second kappa shape index (κ2) is 4.00. The molecule has 0 spiro atoms. The predicted octanol–water partition coefficient (Wildman–Crippen LogP) is 2.39. The number of hydrogen-bond acceptors (Lipinski definition) is 2. The van der Waals surface area contributed by atoms with Gasteiger partial charge in [0.2, 0.25) is 0 Å². The monoisotopic (exact) mass is 318 g/mol. The summed E-state index contributed by atoms with van der Waals surface area (Å²) in [5, 5.41) is 8.90. The van der Waals surface area contributed by atoms with Crippen molar-refractivity contribution in [3.05, 3.63) is 33.2 Å². The molecule has 2 aromatic heterocycles. The van der Waals surface area contributed by atoms with Gasteiger partial charge in [0.05, 0.1) is 16.7 Å². The zero-order valence-electron chi connectivity index (χ0n) is 7.24. The number of pyridine rings is 1. The lowest BCUT2D eigenvalue weighted by molar-refractivity contribution is 0.296. The molecule has 2 rings (SSSR count). The zero-order chi connectivity index (χ0) is 10.1. The molecule has 0 unspecified atom stereocenters. The highest BCUT2D eigenvalue weighted by molar-refractivity contribution is 9.10. The van der Waals surface area contributed by atoms with Crippen molar-refractivity contribution in [2.45, 2.75) is 6.42 Å². The number of nitrogens with zero attached hydrogens (tertiary/aromatic N) is 2.